The van der Waals surface area contributed by atoms with E-state index < -0.39 is 0 Å². The second-order valence-corrected chi connectivity index (χ2v) is 6.13. The van der Waals surface area contributed by atoms with Gasteiger partial charge in [-0.1, -0.05) is 6.07 Å². The molecule has 126 valence electrons. The zero-order chi connectivity index (χ0) is 17.4. The highest BCUT2D eigenvalue weighted by Gasteiger charge is 2.30. The summed E-state index contributed by atoms with van der Waals surface area (Å²) in [5, 5.41) is 2.82. The molecule has 4 rings (SSSR count). The van der Waals surface area contributed by atoms with Crippen molar-refractivity contribution in [2.24, 2.45) is 0 Å². The van der Waals surface area contributed by atoms with Crippen molar-refractivity contribution in [2.45, 2.75) is 32.1 Å². The second-order valence-electron chi connectivity index (χ2n) is 6.13. The Labute approximate surface area is 144 Å². The maximum absolute atomic E-state index is 12.6. The van der Waals surface area contributed by atoms with Crippen LogP contribution in [0.25, 0.3) is 0 Å². The smallest absolute Gasteiger partial charge is 0.256 e. The Bertz CT molecular complexity index is 878. The van der Waals surface area contributed by atoms with Crippen LogP contribution in [-0.2, 0) is 22.4 Å². The number of benzene rings is 1. The van der Waals surface area contributed by atoms with Crippen LogP contribution in [0.5, 0.6) is 0 Å². The Morgan fingerprint density at radius 2 is 1.84 bits per heavy atom. The number of nitrogens with one attached hydrogen (secondary N) is 1. The number of amides is 3. The monoisotopic (exact) mass is 336 g/mol. The van der Waals surface area contributed by atoms with Gasteiger partial charge in [-0.25, -0.2) is 9.97 Å². The van der Waals surface area contributed by atoms with Gasteiger partial charge in [-0.15, -0.1) is 0 Å². The largest absolute Gasteiger partial charge is 0.306 e. The van der Waals surface area contributed by atoms with E-state index in [1.165, 1.54) is 6.33 Å². The molecule has 1 aromatic heterocycles. The predicted octanol–water partition coefficient (Wildman–Crippen LogP) is 1.87. The number of carbonyl (C=O) groups excluding carboxylic acids is 3. The van der Waals surface area contributed by atoms with E-state index in [9.17, 15) is 14.4 Å². The van der Waals surface area contributed by atoms with Crippen LogP contribution in [0.2, 0.25) is 0 Å². The molecule has 7 heteroatoms. The van der Waals surface area contributed by atoms with Crippen LogP contribution in [-0.4, -0.2) is 27.7 Å². The van der Waals surface area contributed by atoms with Gasteiger partial charge in [0.2, 0.25) is 11.8 Å². The molecule has 25 heavy (non-hydrogen) atoms. The molecule has 0 atom stereocenters. The maximum atomic E-state index is 12.6. The molecule has 1 saturated heterocycles. The molecule has 2 aromatic rings. The normalized spacial score (nSPS) is 16.2. The van der Waals surface area contributed by atoms with Gasteiger partial charge in [-0.3, -0.25) is 19.3 Å². The minimum Gasteiger partial charge on any atom is -0.306 e. The van der Waals surface area contributed by atoms with E-state index in [1.54, 1.807) is 24.3 Å². The van der Waals surface area contributed by atoms with Crippen LogP contribution >= 0.6 is 0 Å². The molecule has 0 unspecified atom stereocenters. The first-order valence-electron chi connectivity index (χ1n) is 8.23. The van der Waals surface area contributed by atoms with E-state index in [2.05, 4.69) is 15.3 Å². The summed E-state index contributed by atoms with van der Waals surface area (Å²) in [4.78, 5) is 45.9. The van der Waals surface area contributed by atoms with Crippen molar-refractivity contribution in [2.75, 3.05) is 10.2 Å². The number of nitrogens with zero attached hydrogens (tertiary/aromatic N) is 3. The molecule has 1 aromatic carbocycles. The Hall–Kier alpha value is -3.09. The van der Waals surface area contributed by atoms with E-state index in [0.717, 1.165) is 35.4 Å². The number of aryl methyl sites for hydroxylation is 1. The van der Waals surface area contributed by atoms with Gasteiger partial charge >= 0.3 is 0 Å². The van der Waals surface area contributed by atoms with Crippen LogP contribution in [0.15, 0.2) is 30.6 Å². The number of imide groups is 1. The fraction of sp³-hybridized carbons (Fsp3) is 0.278. The van der Waals surface area contributed by atoms with E-state index in [1.807, 2.05) is 0 Å². The third-order valence-corrected chi connectivity index (χ3v) is 4.52. The summed E-state index contributed by atoms with van der Waals surface area (Å²) >= 11 is 0. The summed E-state index contributed by atoms with van der Waals surface area (Å²) in [5.41, 5.74) is 2.76. The van der Waals surface area contributed by atoms with Gasteiger partial charge in [0, 0.05) is 29.7 Å². The molecule has 0 bridgehead atoms. The molecule has 1 aliphatic heterocycles. The average Bonchev–Trinajstić information content (AvgIpc) is 3.22. The minimum absolute atomic E-state index is 0.211. The number of aromatic nitrogens is 2. The van der Waals surface area contributed by atoms with Crippen molar-refractivity contribution in [3.63, 3.8) is 0 Å². The van der Waals surface area contributed by atoms with Crippen LogP contribution in [0, 0.1) is 0 Å². The summed E-state index contributed by atoms with van der Waals surface area (Å²) in [7, 11) is 0. The van der Waals surface area contributed by atoms with Crippen molar-refractivity contribution < 1.29 is 14.4 Å². The molecule has 1 N–H and O–H groups in total. The molecule has 3 amide bonds. The molecule has 1 aliphatic carbocycles. The number of hydrogen-bond donors (Lipinski definition) is 1. The van der Waals surface area contributed by atoms with Crippen molar-refractivity contribution in [1.29, 1.82) is 0 Å². The Morgan fingerprint density at radius 3 is 2.64 bits per heavy atom. The van der Waals surface area contributed by atoms with Gasteiger partial charge in [0.15, 0.2) is 0 Å². The number of rotatable bonds is 3. The lowest BCUT2D eigenvalue weighted by molar-refractivity contribution is -0.121. The van der Waals surface area contributed by atoms with Gasteiger partial charge in [0.05, 0.1) is 5.69 Å². The fourth-order valence-electron chi connectivity index (χ4n) is 3.30. The third-order valence-electron chi connectivity index (χ3n) is 4.52. The highest BCUT2D eigenvalue weighted by Crippen LogP contribution is 2.26. The van der Waals surface area contributed by atoms with Crippen LogP contribution in [0.3, 0.4) is 0 Å². The standard InChI is InChI=1S/C18H16N4O3/c23-15-7-8-16(24)22(15)12-4-1-3-11(9-12)18(25)21-17-13-5-2-6-14(13)19-10-20-17/h1,3-4,9-10H,2,5-8H2,(H,19,20,21,25). The minimum atomic E-state index is -0.325. The lowest BCUT2D eigenvalue weighted by Crippen LogP contribution is -2.28. The van der Waals surface area contributed by atoms with E-state index in [4.69, 9.17) is 0 Å². The first-order valence-corrected chi connectivity index (χ1v) is 8.23. The zero-order valence-electron chi connectivity index (χ0n) is 13.5. The third kappa shape index (κ3) is 2.77. The second kappa shape index (κ2) is 6.08. The van der Waals surface area contributed by atoms with Crippen molar-refractivity contribution in [1.82, 2.24) is 9.97 Å². The van der Waals surface area contributed by atoms with Crippen molar-refractivity contribution in [3.05, 3.63) is 47.4 Å². The van der Waals surface area contributed by atoms with Crippen molar-refractivity contribution in [3.8, 4) is 0 Å². The summed E-state index contributed by atoms with van der Waals surface area (Å²) in [6.07, 6.45) is 4.63. The van der Waals surface area contributed by atoms with Gasteiger partial charge in [-0.05, 0) is 37.5 Å². The van der Waals surface area contributed by atoms with Crippen LogP contribution < -0.4 is 10.2 Å². The molecule has 0 spiro atoms. The summed E-state index contributed by atoms with van der Waals surface area (Å²) in [5.74, 6) is -0.271. The number of fused-ring (bicyclic) bond motifs is 1. The molecule has 0 radical (unpaired) electrons. The van der Waals surface area contributed by atoms with Gasteiger partial charge in [0.1, 0.15) is 12.1 Å². The highest BCUT2D eigenvalue weighted by molar-refractivity contribution is 6.20. The molecule has 7 nitrogen and oxygen atoms in total. The number of anilines is 2. The molecule has 1 fully saturated rings. The Morgan fingerprint density at radius 1 is 1.04 bits per heavy atom. The highest BCUT2D eigenvalue weighted by atomic mass is 16.2. The van der Waals surface area contributed by atoms with E-state index >= 15 is 0 Å². The molecule has 2 aliphatic rings. The summed E-state index contributed by atoms with van der Waals surface area (Å²) in [6, 6.07) is 6.51. The Kier molecular flexibility index (Phi) is 3.76. The first kappa shape index (κ1) is 15.4. The topological polar surface area (TPSA) is 92.3 Å². The summed E-state index contributed by atoms with van der Waals surface area (Å²) < 4.78 is 0. The first-order chi connectivity index (χ1) is 12.1. The van der Waals surface area contributed by atoms with Crippen molar-refractivity contribution >= 4 is 29.2 Å². The quantitative estimate of drug-likeness (QED) is 0.864. The SMILES string of the molecule is O=C(Nc1ncnc2c1CCC2)c1cccc(N2C(=O)CCC2=O)c1. The number of hydrogen-bond acceptors (Lipinski definition) is 5. The van der Waals surface area contributed by atoms with Gasteiger partial charge in [-0.2, -0.15) is 0 Å². The molecule has 0 saturated carbocycles. The van der Waals surface area contributed by atoms with Crippen LogP contribution in [0.4, 0.5) is 11.5 Å². The average molecular weight is 336 g/mol. The van der Waals surface area contributed by atoms with Gasteiger partial charge < -0.3 is 5.32 Å². The lowest BCUT2D eigenvalue weighted by Gasteiger charge is -2.15. The lowest BCUT2D eigenvalue weighted by atomic mass is 10.1. The summed E-state index contributed by atoms with van der Waals surface area (Å²) in [6.45, 7) is 0. The van der Waals surface area contributed by atoms with Crippen LogP contribution in [0.1, 0.15) is 40.9 Å². The zero-order valence-corrected chi connectivity index (χ0v) is 13.5. The number of carbonyl (C=O) groups is 3. The maximum Gasteiger partial charge on any atom is 0.256 e. The Balaban J connectivity index is 1.59. The van der Waals surface area contributed by atoms with Gasteiger partial charge in [0.25, 0.3) is 5.91 Å². The van der Waals surface area contributed by atoms with E-state index in [0.29, 0.717) is 17.1 Å². The fourth-order valence-corrected chi connectivity index (χ4v) is 3.30. The molecular formula is C18H16N4O3. The van der Waals surface area contributed by atoms with E-state index in [-0.39, 0.29) is 30.6 Å². The molecule has 2 heterocycles. The predicted molar refractivity (Wildman–Crippen MR) is 90.2 cm³/mol. The molecular weight excluding hydrogens is 320 g/mol.